The van der Waals surface area contributed by atoms with Gasteiger partial charge in [-0.25, -0.2) is 5.84 Å². The highest BCUT2D eigenvalue weighted by atomic mass is 16.2. The third-order valence-electron chi connectivity index (χ3n) is 2.46. The molecule has 0 fully saturated rings. The van der Waals surface area contributed by atoms with E-state index in [1.807, 2.05) is 11.5 Å². The van der Waals surface area contributed by atoms with Crippen molar-refractivity contribution in [2.24, 2.45) is 11.8 Å². The standard InChI is InChI=1S/C11H21N3O/c1-2-3-4-5-6-7-8-10(9-12)11(15)14-13/h10H,2-8,13H2,1H3,(H,14,15). The van der Waals surface area contributed by atoms with Crippen molar-refractivity contribution in [2.75, 3.05) is 0 Å². The molecule has 3 N–H and O–H groups in total. The summed E-state index contributed by atoms with van der Waals surface area (Å²) in [6, 6.07) is 1.96. The zero-order valence-corrected chi connectivity index (χ0v) is 9.46. The molecule has 86 valence electrons. The third kappa shape index (κ3) is 6.92. The first-order chi connectivity index (χ1) is 7.26. The van der Waals surface area contributed by atoms with Crippen molar-refractivity contribution in [1.29, 1.82) is 5.26 Å². The van der Waals surface area contributed by atoms with E-state index in [9.17, 15) is 4.79 Å². The second-order valence-corrected chi connectivity index (χ2v) is 3.75. The smallest absolute Gasteiger partial charge is 0.251 e. The van der Waals surface area contributed by atoms with Gasteiger partial charge in [-0.1, -0.05) is 45.4 Å². The van der Waals surface area contributed by atoms with Gasteiger partial charge in [0, 0.05) is 0 Å². The number of unbranched alkanes of at least 4 members (excludes halogenated alkanes) is 5. The summed E-state index contributed by atoms with van der Waals surface area (Å²) in [6.45, 7) is 2.18. The molecule has 0 bridgehead atoms. The summed E-state index contributed by atoms with van der Waals surface area (Å²) >= 11 is 0. The second-order valence-electron chi connectivity index (χ2n) is 3.75. The summed E-state index contributed by atoms with van der Waals surface area (Å²) in [5.41, 5.74) is 2.02. The molecule has 0 saturated carbocycles. The maximum absolute atomic E-state index is 11.1. The maximum Gasteiger partial charge on any atom is 0.251 e. The number of hydrogen-bond donors (Lipinski definition) is 2. The first-order valence-electron chi connectivity index (χ1n) is 5.66. The summed E-state index contributed by atoms with van der Waals surface area (Å²) in [6.07, 6.45) is 7.57. The minimum atomic E-state index is -0.582. The molecule has 0 heterocycles. The maximum atomic E-state index is 11.1. The van der Waals surface area contributed by atoms with Crippen molar-refractivity contribution in [3.05, 3.63) is 0 Å². The van der Waals surface area contributed by atoms with Crippen molar-refractivity contribution in [3.8, 4) is 6.07 Å². The quantitative estimate of drug-likeness (QED) is 0.278. The van der Waals surface area contributed by atoms with Gasteiger partial charge in [0.2, 0.25) is 0 Å². The fourth-order valence-corrected chi connectivity index (χ4v) is 1.48. The Morgan fingerprint density at radius 1 is 1.33 bits per heavy atom. The van der Waals surface area contributed by atoms with E-state index in [1.165, 1.54) is 25.7 Å². The van der Waals surface area contributed by atoms with Gasteiger partial charge >= 0.3 is 0 Å². The highest BCUT2D eigenvalue weighted by Gasteiger charge is 2.15. The molecule has 0 aliphatic carbocycles. The number of hydrazine groups is 1. The van der Waals surface area contributed by atoms with E-state index >= 15 is 0 Å². The summed E-state index contributed by atoms with van der Waals surface area (Å²) in [5.74, 6) is 4.02. The molecule has 0 radical (unpaired) electrons. The van der Waals surface area contributed by atoms with E-state index in [4.69, 9.17) is 11.1 Å². The minimum absolute atomic E-state index is 0.369. The van der Waals surface area contributed by atoms with Crippen LogP contribution in [0, 0.1) is 17.2 Å². The van der Waals surface area contributed by atoms with E-state index in [1.54, 1.807) is 0 Å². The van der Waals surface area contributed by atoms with Gasteiger partial charge in [-0.15, -0.1) is 0 Å². The fraction of sp³-hybridized carbons (Fsp3) is 0.818. The molecule has 0 spiro atoms. The van der Waals surface area contributed by atoms with Gasteiger partial charge in [0.1, 0.15) is 5.92 Å². The fourth-order valence-electron chi connectivity index (χ4n) is 1.48. The van der Waals surface area contributed by atoms with Crippen molar-refractivity contribution in [3.63, 3.8) is 0 Å². The largest absolute Gasteiger partial charge is 0.293 e. The molecule has 4 heteroatoms. The van der Waals surface area contributed by atoms with Crippen LogP contribution in [0.15, 0.2) is 0 Å². The predicted molar refractivity (Wildman–Crippen MR) is 59.4 cm³/mol. The number of amides is 1. The number of carbonyl (C=O) groups excluding carboxylic acids is 1. The number of hydrogen-bond acceptors (Lipinski definition) is 3. The Bertz CT molecular complexity index is 210. The molecular weight excluding hydrogens is 190 g/mol. The molecule has 0 aliphatic rings. The van der Waals surface area contributed by atoms with Gasteiger partial charge in [-0.05, 0) is 6.42 Å². The minimum Gasteiger partial charge on any atom is -0.293 e. The molecule has 0 rings (SSSR count). The lowest BCUT2D eigenvalue weighted by molar-refractivity contribution is -0.123. The lowest BCUT2D eigenvalue weighted by Gasteiger charge is -2.06. The van der Waals surface area contributed by atoms with E-state index in [0.717, 1.165) is 12.8 Å². The Labute approximate surface area is 91.8 Å². The Hall–Kier alpha value is -1.08. The first-order valence-corrected chi connectivity index (χ1v) is 5.66. The molecule has 1 unspecified atom stereocenters. The van der Waals surface area contributed by atoms with Crippen LogP contribution in [-0.2, 0) is 4.79 Å². The predicted octanol–water partition coefficient (Wildman–Crippen LogP) is 1.87. The van der Waals surface area contributed by atoms with E-state index < -0.39 is 5.92 Å². The lowest BCUT2D eigenvalue weighted by Crippen LogP contribution is -2.35. The molecular formula is C11H21N3O. The first kappa shape index (κ1) is 13.9. The van der Waals surface area contributed by atoms with Gasteiger partial charge in [-0.3, -0.25) is 10.2 Å². The van der Waals surface area contributed by atoms with Crippen LogP contribution in [0.4, 0.5) is 0 Å². The van der Waals surface area contributed by atoms with Crippen LogP contribution in [0.5, 0.6) is 0 Å². The Morgan fingerprint density at radius 2 is 1.93 bits per heavy atom. The topological polar surface area (TPSA) is 78.9 Å². The monoisotopic (exact) mass is 211 g/mol. The van der Waals surface area contributed by atoms with Crippen LogP contribution in [0.3, 0.4) is 0 Å². The molecule has 0 aromatic carbocycles. The van der Waals surface area contributed by atoms with Crippen molar-refractivity contribution in [1.82, 2.24) is 5.43 Å². The Kier molecular flexibility index (Phi) is 8.79. The average molecular weight is 211 g/mol. The average Bonchev–Trinajstić information content (AvgIpc) is 2.27. The summed E-state index contributed by atoms with van der Waals surface area (Å²) in [5, 5.41) is 8.70. The number of nitrogens with zero attached hydrogens (tertiary/aromatic N) is 1. The van der Waals surface area contributed by atoms with E-state index in [0.29, 0.717) is 6.42 Å². The zero-order valence-electron chi connectivity index (χ0n) is 9.46. The molecule has 15 heavy (non-hydrogen) atoms. The van der Waals surface area contributed by atoms with Gasteiger partial charge in [0.05, 0.1) is 6.07 Å². The number of carbonyl (C=O) groups is 1. The second kappa shape index (κ2) is 9.47. The number of nitriles is 1. The van der Waals surface area contributed by atoms with Crippen molar-refractivity contribution in [2.45, 2.75) is 51.9 Å². The van der Waals surface area contributed by atoms with E-state index in [2.05, 4.69) is 6.92 Å². The van der Waals surface area contributed by atoms with Crippen LogP contribution >= 0.6 is 0 Å². The highest BCUT2D eigenvalue weighted by molar-refractivity contribution is 5.80. The zero-order chi connectivity index (χ0) is 11.5. The molecule has 4 nitrogen and oxygen atoms in total. The number of rotatable bonds is 8. The van der Waals surface area contributed by atoms with Crippen molar-refractivity contribution >= 4 is 5.91 Å². The Balaban J connectivity index is 3.48. The van der Waals surface area contributed by atoms with Crippen LogP contribution in [0.25, 0.3) is 0 Å². The summed E-state index contributed by atoms with van der Waals surface area (Å²) in [4.78, 5) is 11.1. The molecule has 0 aromatic heterocycles. The van der Waals surface area contributed by atoms with Crippen LogP contribution < -0.4 is 11.3 Å². The van der Waals surface area contributed by atoms with Gasteiger partial charge in [0.15, 0.2) is 0 Å². The van der Waals surface area contributed by atoms with Gasteiger partial charge in [0.25, 0.3) is 5.91 Å². The van der Waals surface area contributed by atoms with Gasteiger partial charge in [-0.2, -0.15) is 5.26 Å². The Morgan fingerprint density at radius 3 is 2.47 bits per heavy atom. The summed E-state index contributed by atoms with van der Waals surface area (Å²) in [7, 11) is 0. The highest BCUT2D eigenvalue weighted by Crippen LogP contribution is 2.11. The third-order valence-corrected chi connectivity index (χ3v) is 2.46. The molecule has 1 amide bonds. The number of nitrogens with two attached hydrogens (primary N) is 1. The number of nitrogens with one attached hydrogen (secondary N) is 1. The van der Waals surface area contributed by atoms with E-state index in [-0.39, 0.29) is 5.91 Å². The SMILES string of the molecule is CCCCCCCCC(C#N)C(=O)NN. The van der Waals surface area contributed by atoms with Crippen LogP contribution in [0.2, 0.25) is 0 Å². The van der Waals surface area contributed by atoms with Gasteiger partial charge < -0.3 is 0 Å². The van der Waals surface area contributed by atoms with Crippen molar-refractivity contribution < 1.29 is 4.79 Å². The molecule has 0 aliphatic heterocycles. The molecule has 0 aromatic rings. The normalized spacial score (nSPS) is 11.8. The molecule has 0 saturated heterocycles. The lowest BCUT2D eigenvalue weighted by atomic mass is 10.0. The van der Waals surface area contributed by atoms with Crippen LogP contribution in [-0.4, -0.2) is 5.91 Å². The van der Waals surface area contributed by atoms with Crippen LogP contribution in [0.1, 0.15) is 51.9 Å². The molecule has 1 atom stereocenters. The summed E-state index contributed by atoms with van der Waals surface area (Å²) < 4.78 is 0.